The van der Waals surface area contributed by atoms with Gasteiger partial charge < -0.3 is 19.6 Å². The normalized spacial score (nSPS) is 16.7. The molecule has 3 aliphatic rings. The molecule has 0 saturated carbocycles. The van der Waals surface area contributed by atoms with Crippen LogP contribution in [0.15, 0.2) is 73.3 Å². The van der Waals surface area contributed by atoms with Gasteiger partial charge in [0, 0.05) is 64.0 Å². The number of fused-ring (bicyclic) bond motifs is 6. The van der Waals surface area contributed by atoms with Gasteiger partial charge in [-0.3, -0.25) is 0 Å². The van der Waals surface area contributed by atoms with Gasteiger partial charge in [-0.1, -0.05) is 18.2 Å². The molecular formula is C25H22IrN8-2. The van der Waals surface area contributed by atoms with Crippen molar-refractivity contribution in [2.75, 3.05) is 33.7 Å². The molecule has 0 aliphatic carbocycles. The first-order chi connectivity index (χ1) is 16.2. The SMILES string of the molecule is CN1[CH-]N(c2[c-]cccc2)c2nccnc21.CN1c2nccnc2N2c3ccccc3CC12.[Ir]. The van der Waals surface area contributed by atoms with Crippen molar-refractivity contribution in [2.24, 2.45) is 0 Å². The number of hydrogen-bond acceptors (Lipinski definition) is 8. The summed E-state index contributed by atoms with van der Waals surface area (Å²) in [6.07, 6.45) is 8.28. The second-order valence-electron chi connectivity index (χ2n) is 8.05. The smallest absolute Gasteiger partial charge is 0.178 e. The van der Waals surface area contributed by atoms with Crippen molar-refractivity contribution in [3.63, 3.8) is 0 Å². The summed E-state index contributed by atoms with van der Waals surface area (Å²) >= 11 is 0. The van der Waals surface area contributed by atoms with E-state index in [4.69, 9.17) is 0 Å². The summed E-state index contributed by atoms with van der Waals surface area (Å²) in [6, 6.07) is 19.5. The Bertz CT molecular complexity index is 1300. The molecule has 8 nitrogen and oxygen atoms in total. The molecule has 0 saturated heterocycles. The van der Waals surface area contributed by atoms with Gasteiger partial charge in [0.05, 0.1) is 0 Å². The van der Waals surface area contributed by atoms with Crippen LogP contribution in [0.1, 0.15) is 5.56 Å². The molecule has 1 unspecified atom stereocenters. The minimum absolute atomic E-state index is 0. The van der Waals surface area contributed by atoms with Gasteiger partial charge in [-0.15, -0.1) is 12.4 Å². The Kier molecular flexibility index (Phi) is 5.89. The van der Waals surface area contributed by atoms with E-state index in [-0.39, 0.29) is 20.1 Å². The second-order valence-corrected chi connectivity index (χ2v) is 8.05. The van der Waals surface area contributed by atoms with E-state index in [2.05, 4.69) is 67.1 Å². The van der Waals surface area contributed by atoms with Crippen LogP contribution in [0.5, 0.6) is 0 Å². The van der Waals surface area contributed by atoms with E-state index < -0.39 is 0 Å². The van der Waals surface area contributed by atoms with Gasteiger partial charge in [-0.05, 0) is 18.7 Å². The summed E-state index contributed by atoms with van der Waals surface area (Å²) in [5.41, 5.74) is 3.62. The fourth-order valence-electron chi connectivity index (χ4n) is 4.55. The molecular weight excluding hydrogens is 605 g/mol. The largest absolute Gasteiger partial charge is 0.487 e. The van der Waals surface area contributed by atoms with Crippen LogP contribution in [0.4, 0.5) is 34.6 Å². The number of benzene rings is 2. The summed E-state index contributed by atoms with van der Waals surface area (Å²) in [5, 5.41) is 0. The first-order valence-electron chi connectivity index (χ1n) is 10.8. The predicted molar refractivity (Wildman–Crippen MR) is 129 cm³/mol. The number of anilines is 6. The monoisotopic (exact) mass is 627 g/mol. The summed E-state index contributed by atoms with van der Waals surface area (Å²) in [4.78, 5) is 25.9. The van der Waals surface area contributed by atoms with E-state index >= 15 is 0 Å². The molecule has 0 spiro atoms. The maximum atomic E-state index is 4.47. The molecule has 3 aliphatic heterocycles. The third-order valence-corrected chi connectivity index (χ3v) is 6.08. The van der Waals surface area contributed by atoms with Gasteiger partial charge in [0.1, 0.15) is 17.8 Å². The zero-order valence-electron chi connectivity index (χ0n) is 18.7. The molecule has 1 radical (unpaired) electrons. The average molecular weight is 627 g/mol. The minimum Gasteiger partial charge on any atom is -0.487 e. The van der Waals surface area contributed by atoms with Gasteiger partial charge in [-0.25, -0.2) is 19.9 Å². The average Bonchev–Trinajstić information content (AvgIpc) is 3.51. The molecule has 4 aromatic rings. The summed E-state index contributed by atoms with van der Waals surface area (Å²) < 4.78 is 0. The summed E-state index contributed by atoms with van der Waals surface area (Å²) in [6.45, 7) is 1.95. The van der Waals surface area contributed by atoms with E-state index in [1.807, 2.05) is 47.8 Å². The fourth-order valence-corrected chi connectivity index (χ4v) is 4.55. The third kappa shape index (κ3) is 3.57. The van der Waals surface area contributed by atoms with Crippen molar-refractivity contribution in [2.45, 2.75) is 12.6 Å². The van der Waals surface area contributed by atoms with Crippen LogP contribution in [-0.4, -0.2) is 40.2 Å². The van der Waals surface area contributed by atoms with E-state index in [9.17, 15) is 0 Å². The van der Waals surface area contributed by atoms with Crippen molar-refractivity contribution in [1.29, 1.82) is 0 Å². The van der Waals surface area contributed by atoms with Crippen molar-refractivity contribution in [3.8, 4) is 0 Å². The Morgan fingerprint density at radius 3 is 2.26 bits per heavy atom. The van der Waals surface area contributed by atoms with Crippen LogP contribution in [0, 0.1) is 12.7 Å². The standard InChI is InChI=1S/C13H12N4.C12H10N4.Ir/c1-16-11-8-9-4-2-3-5-10(9)17(11)13-12(16)14-6-7-15-13;1-15-9-16(10-5-3-2-4-6-10)12-11(15)13-7-8-14-12;/h2-7,11H,8H2,1H3;2-5,7-9H,1H3;/q;-2;. The molecule has 0 fully saturated rings. The Morgan fingerprint density at radius 2 is 1.50 bits per heavy atom. The van der Waals surface area contributed by atoms with E-state index in [1.165, 1.54) is 11.3 Å². The summed E-state index contributed by atoms with van der Waals surface area (Å²) in [7, 11) is 4.04. The van der Waals surface area contributed by atoms with Crippen molar-refractivity contribution < 1.29 is 20.1 Å². The van der Waals surface area contributed by atoms with Crippen LogP contribution < -0.4 is 19.6 Å². The van der Waals surface area contributed by atoms with Crippen LogP contribution >= 0.6 is 0 Å². The molecule has 34 heavy (non-hydrogen) atoms. The van der Waals surface area contributed by atoms with Crippen LogP contribution in [0.3, 0.4) is 0 Å². The van der Waals surface area contributed by atoms with Crippen molar-refractivity contribution >= 4 is 34.6 Å². The number of para-hydroxylation sites is 2. The zero-order chi connectivity index (χ0) is 22.4. The third-order valence-electron chi connectivity index (χ3n) is 6.08. The van der Waals surface area contributed by atoms with Crippen LogP contribution in [0.2, 0.25) is 0 Å². The molecule has 7 rings (SSSR count). The van der Waals surface area contributed by atoms with E-state index in [1.54, 1.807) is 24.8 Å². The summed E-state index contributed by atoms with van der Waals surface area (Å²) in [5.74, 6) is 3.66. The topological polar surface area (TPSA) is 64.5 Å². The van der Waals surface area contributed by atoms with Gasteiger partial charge in [0.15, 0.2) is 11.6 Å². The first-order valence-corrected chi connectivity index (χ1v) is 10.8. The molecule has 0 amide bonds. The van der Waals surface area contributed by atoms with Gasteiger partial charge in [-0.2, -0.15) is 30.3 Å². The van der Waals surface area contributed by atoms with Gasteiger partial charge in [0.25, 0.3) is 0 Å². The van der Waals surface area contributed by atoms with Crippen LogP contribution in [-0.2, 0) is 26.5 Å². The number of likely N-dealkylation sites (N-methyl/N-ethyl adjacent to an activating group) is 1. The molecule has 2 aromatic carbocycles. The van der Waals surface area contributed by atoms with E-state index in [0.717, 1.165) is 35.4 Å². The van der Waals surface area contributed by atoms with E-state index in [0.29, 0.717) is 6.17 Å². The number of aromatic nitrogens is 4. The molecule has 1 atom stereocenters. The molecule has 2 aromatic heterocycles. The number of hydrogen-bond donors (Lipinski definition) is 0. The van der Waals surface area contributed by atoms with Crippen molar-refractivity contribution in [3.05, 3.63) is 91.6 Å². The maximum absolute atomic E-state index is 4.47. The number of rotatable bonds is 1. The maximum Gasteiger partial charge on any atom is 0.178 e. The molecule has 173 valence electrons. The molecule has 0 N–H and O–H groups in total. The van der Waals surface area contributed by atoms with Crippen LogP contribution in [0.25, 0.3) is 0 Å². The fraction of sp³-hybridized carbons (Fsp3) is 0.160. The predicted octanol–water partition coefficient (Wildman–Crippen LogP) is 3.93. The zero-order valence-corrected chi connectivity index (χ0v) is 21.1. The Balaban J connectivity index is 0.000000138. The number of nitrogens with zero attached hydrogens (tertiary/aromatic N) is 8. The molecule has 0 bridgehead atoms. The van der Waals surface area contributed by atoms with Crippen molar-refractivity contribution in [1.82, 2.24) is 19.9 Å². The Hall–Kier alpha value is -3.55. The minimum atomic E-state index is 0. The van der Waals surface area contributed by atoms with Gasteiger partial charge >= 0.3 is 0 Å². The Morgan fingerprint density at radius 1 is 0.824 bits per heavy atom. The molecule has 9 heteroatoms. The Labute approximate surface area is 212 Å². The van der Waals surface area contributed by atoms with Gasteiger partial charge in [0.2, 0.25) is 0 Å². The quantitative estimate of drug-likeness (QED) is 0.295. The first kappa shape index (κ1) is 22.3. The second kappa shape index (κ2) is 9.00. The molecule has 5 heterocycles.